The number of urea groups is 1. The summed E-state index contributed by atoms with van der Waals surface area (Å²) in [5.41, 5.74) is 2.29. The highest BCUT2D eigenvalue weighted by Gasteiger charge is 2.30. The maximum absolute atomic E-state index is 12.9. The Balaban J connectivity index is 1.92. The van der Waals surface area contributed by atoms with E-state index in [4.69, 9.17) is 4.74 Å². The molecule has 0 saturated carbocycles. The molecule has 0 aromatic heterocycles. The smallest absolute Gasteiger partial charge is 0.322 e. The molecule has 138 valence electrons. The number of methoxy groups -OCH3 is 1. The Labute approximate surface area is 158 Å². The third-order valence-electron chi connectivity index (χ3n) is 4.44. The first-order chi connectivity index (χ1) is 13.1. The number of amides is 2. The summed E-state index contributed by atoms with van der Waals surface area (Å²) in [5, 5.41) is 2.92. The molecule has 1 aliphatic heterocycles. The van der Waals surface area contributed by atoms with Gasteiger partial charge in [0.1, 0.15) is 5.75 Å². The zero-order valence-electron chi connectivity index (χ0n) is 15.4. The van der Waals surface area contributed by atoms with Gasteiger partial charge in [-0.3, -0.25) is 4.79 Å². The fourth-order valence-electron chi connectivity index (χ4n) is 2.92. The summed E-state index contributed by atoms with van der Waals surface area (Å²) in [6.45, 7) is 2.35. The maximum Gasteiger partial charge on any atom is 0.322 e. The molecule has 1 atom stereocenters. The lowest BCUT2D eigenvalue weighted by atomic mass is 9.94. The van der Waals surface area contributed by atoms with Gasteiger partial charge in [0.15, 0.2) is 5.78 Å². The number of hydrogen-bond donors (Lipinski definition) is 1. The number of rotatable bonds is 6. The molecule has 0 radical (unpaired) electrons. The summed E-state index contributed by atoms with van der Waals surface area (Å²) >= 11 is 0. The molecular weight excluding hydrogens is 340 g/mol. The molecule has 1 aliphatic rings. The average Bonchev–Trinajstić information content (AvgIpc) is 2.72. The summed E-state index contributed by atoms with van der Waals surface area (Å²) < 4.78 is 5.19. The third kappa shape index (κ3) is 4.26. The number of hydrogen-bond acceptors (Lipinski definition) is 3. The first-order valence-corrected chi connectivity index (χ1v) is 8.82. The van der Waals surface area contributed by atoms with E-state index in [1.165, 1.54) is 4.90 Å². The van der Waals surface area contributed by atoms with Gasteiger partial charge in [0.25, 0.3) is 0 Å². The van der Waals surface area contributed by atoms with Gasteiger partial charge in [0.2, 0.25) is 0 Å². The molecule has 2 aromatic carbocycles. The van der Waals surface area contributed by atoms with Gasteiger partial charge >= 0.3 is 6.03 Å². The zero-order chi connectivity index (χ0) is 19.2. The SMILES string of the molecule is CCN1C=C(C(=O)C=Cc2ccccc2)C(c2ccc(OC)cc2)NC1=O. The van der Waals surface area contributed by atoms with Crippen LogP contribution in [0, 0.1) is 0 Å². The predicted octanol–water partition coefficient (Wildman–Crippen LogP) is 3.95. The van der Waals surface area contributed by atoms with Crippen molar-refractivity contribution < 1.29 is 14.3 Å². The van der Waals surface area contributed by atoms with E-state index in [0.717, 1.165) is 16.9 Å². The Morgan fingerprint density at radius 3 is 2.48 bits per heavy atom. The lowest BCUT2D eigenvalue weighted by molar-refractivity contribution is -0.111. The summed E-state index contributed by atoms with van der Waals surface area (Å²) in [6, 6.07) is 16.2. The molecule has 0 bridgehead atoms. The number of carbonyl (C=O) groups excluding carboxylic acids is 2. The van der Waals surface area contributed by atoms with Crippen molar-refractivity contribution in [1.29, 1.82) is 0 Å². The second kappa shape index (κ2) is 8.36. The molecule has 2 aromatic rings. The number of benzene rings is 2. The van der Waals surface area contributed by atoms with Gasteiger partial charge in [-0.25, -0.2) is 4.79 Å². The van der Waals surface area contributed by atoms with Crippen LogP contribution in [-0.2, 0) is 4.79 Å². The van der Waals surface area contributed by atoms with Gasteiger partial charge in [-0.05, 0) is 36.3 Å². The van der Waals surface area contributed by atoms with Crippen LogP contribution < -0.4 is 10.1 Å². The maximum atomic E-state index is 12.9. The van der Waals surface area contributed by atoms with E-state index in [1.54, 1.807) is 25.5 Å². The average molecular weight is 362 g/mol. The topological polar surface area (TPSA) is 58.6 Å². The van der Waals surface area contributed by atoms with Crippen LogP contribution in [0.3, 0.4) is 0 Å². The fraction of sp³-hybridized carbons (Fsp3) is 0.182. The normalized spacial score (nSPS) is 16.8. The number of nitrogens with zero attached hydrogens (tertiary/aromatic N) is 1. The summed E-state index contributed by atoms with van der Waals surface area (Å²) in [7, 11) is 1.60. The Bertz CT molecular complexity index is 870. The van der Waals surface area contributed by atoms with E-state index >= 15 is 0 Å². The zero-order valence-corrected chi connectivity index (χ0v) is 15.4. The summed E-state index contributed by atoms with van der Waals surface area (Å²) in [4.78, 5) is 26.7. The van der Waals surface area contributed by atoms with Crippen molar-refractivity contribution in [3.63, 3.8) is 0 Å². The molecule has 5 nitrogen and oxygen atoms in total. The van der Waals surface area contributed by atoms with Gasteiger partial charge in [0, 0.05) is 18.3 Å². The van der Waals surface area contributed by atoms with E-state index < -0.39 is 6.04 Å². The van der Waals surface area contributed by atoms with Gasteiger partial charge in [0.05, 0.1) is 13.2 Å². The van der Waals surface area contributed by atoms with Crippen molar-refractivity contribution in [1.82, 2.24) is 10.2 Å². The first-order valence-electron chi connectivity index (χ1n) is 8.82. The van der Waals surface area contributed by atoms with Crippen LogP contribution in [0.4, 0.5) is 4.79 Å². The molecule has 2 amide bonds. The first kappa shape index (κ1) is 18.5. The molecule has 27 heavy (non-hydrogen) atoms. The van der Waals surface area contributed by atoms with Crippen molar-refractivity contribution in [3.8, 4) is 5.75 Å². The Kier molecular flexibility index (Phi) is 5.71. The lowest BCUT2D eigenvalue weighted by Crippen LogP contribution is -2.44. The molecule has 1 heterocycles. The van der Waals surface area contributed by atoms with Crippen LogP contribution in [0.15, 0.2) is 72.4 Å². The minimum Gasteiger partial charge on any atom is -0.497 e. The molecule has 5 heteroatoms. The minimum atomic E-state index is -0.501. The predicted molar refractivity (Wildman–Crippen MR) is 105 cm³/mol. The van der Waals surface area contributed by atoms with E-state index in [2.05, 4.69) is 5.32 Å². The summed E-state index contributed by atoms with van der Waals surface area (Å²) in [6.07, 6.45) is 4.97. The van der Waals surface area contributed by atoms with Crippen LogP contribution in [0.5, 0.6) is 5.75 Å². The van der Waals surface area contributed by atoms with Gasteiger partial charge in [-0.2, -0.15) is 0 Å². The Morgan fingerprint density at radius 1 is 1.15 bits per heavy atom. The summed E-state index contributed by atoms with van der Waals surface area (Å²) in [5.74, 6) is 0.579. The molecule has 1 unspecified atom stereocenters. The number of allylic oxidation sites excluding steroid dienone is 1. The second-order valence-electron chi connectivity index (χ2n) is 6.13. The number of carbonyl (C=O) groups is 2. The van der Waals surface area contributed by atoms with Gasteiger partial charge < -0.3 is 15.0 Å². The highest BCUT2D eigenvalue weighted by atomic mass is 16.5. The second-order valence-corrected chi connectivity index (χ2v) is 6.13. The van der Waals surface area contributed by atoms with Crippen molar-refractivity contribution in [2.24, 2.45) is 0 Å². The number of ketones is 1. The third-order valence-corrected chi connectivity index (χ3v) is 4.44. The van der Waals surface area contributed by atoms with E-state index in [1.807, 2.05) is 61.5 Å². The van der Waals surface area contributed by atoms with Crippen molar-refractivity contribution in [2.75, 3.05) is 13.7 Å². The van der Waals surface area contributed by atoms with Crippen LogP contribution >= 0.6 is 0 Å². The molecule has 0 fully saturated rings. The molecule has 3 rings (SSSR count). The van der Waals surface area contributed by atoms with Crippen LogP contribution in [0.1, 0.15) is 24.1 Å². The van der Waals surface area contributed by atoms with Gasteiger partial charge in [-0.15, -0.1) is 0 Å². The number of ether oxygens (including phenoxy) is 1. The Morgan fingerprint density at radius 2 is 1.85 bits per heavy atom. The highest BCUT2D eigenvalue weighted by molar-refractivity contribution is 6.08. The highest BCUT2D eigenvalue weighted by Crippen LogP contribution is 2.28. The van der Waals surface area contributed by atoms with Crippen molar-refractivity contribution >= 4 is 17.9 Å². The van der Waals surface area contributed by atoms with E-state index in [0.29, 0.717) is 12.1 Å². The molecule has 1 N–H and O–H groups in total. The van der Waals surface area contributed by atoms with Crippen LogP contribution in [-0.4, -0.2) is 30.4 Å². The molecule has 0 spiro atoms. The standard InChI is InChI=1S/C22H22N2O3/c1-3-24-15-19(20(25)14-9-16-7-5-4-6-8-16)21(23-22(24)26)17-10-12-18(27-2)13-11-17/h4-15,21H,3H2,1-2H3,(H,23,26). The van der Waals surface area contributed by atoms with E-state index in [9.17, 15) is 9.59 Å². The Hall–Kier alpha value is -3.34. The minimum absolute atomic E-state index is 0.141. The molecule has 0 saturated heterocycles. The number of nitrogens with one attached hydrogen (secondary N) is 1. The lowest BCUT2D eigenvalue weighted by Gasteiger charge is -2.31. The van der Waals surface area contributed by atoms with Crippen LogP contribution in [0.2, 0.25) is 0 Å². The molecular formula is C22H22N2O3. The quantitative estimate of drug-likeness (QED) is 0.792. The van der Waals surface area contributed by atoms with E-state index in [-0.39, 0.29) is 11.8 Å². The largest absolute Gasteiger partial charge is 0.497 e. The van der Waals surface area contributed by atoms with Gasteiger partial charge in [-0.1, -0.05) is 48.5 Å². The van der Waals surface area contributed by atoms with Crippen molar-refractivity contribution in [3.05, 3.63) is 83.6 Å². The molecule has 0 aliphatic carbocycles. The fourth-order valence-corrected chi connectivity index (χ4v) is 2.92. The van der Waals surface area contributed by atoms with Crippen LogP contribution in [0.25, 0.3) is 6.08 Å². The monoisotopic (exact) mass is 362 g/mol. The van der Waals surface area contributed by atoms with Crippen molar-refractivity contribution in [2.45, 2.75) is 13.0 Å².